The fourth-order valence-corrected chi connectivity index (χ4v) is 7.66. The van der Waals surface area contributed by atoms with Crippen molar-refractivity contribution in [3.63, 3.8) is 0 Å². The van der Waals surface area contributed by atoms with Crippen molar-refractivity contribution in [2.75, 3.05) is 11.5 Å². The zero-order valence-corrected chi connectivity index (χ0v) is 23.1. The predicted octanol–water partition coefficient (Wildman–Crippen LogP) is 7.19. The second-order valence-corrected chi connectivity index (χ2v) is 11.2. The van der Waals surface area contributed by atoms with Crippen LogP contribution in [-0.2, 0) is 15.0 Å². The summed E-state index contributed by atoms with van der Waals surface area (Å²) in [4.78, 5) is 35.8. The van der Waals surface area contributed by atoms with E-state index in [1.807, 2.05) is 104 Å². The Morgan fingerprint density at radius 2 is 1.40 bits per heavy atom. The lowest BCUT2D eigenvalue weighted by atomic mass is 9.47. The van der Waals surface area contributed by atoms with E-state index in [9.17, 15) is 9.59 Å². The Labute approximate surface area is 244 Å². The number of hydrogen-bond donors (Lipinski definition) is 0. The molecule has 9 rings (SSSR count). The van der Waals surface area contributed by atoms with Crippen LogP contribution < -0.4 is 9.64 Å². The molecule has 2 atom stereocenters. The molecule has 0 radical (unpaired) electrons. The van der Waals surface area contributed by atoms with E-state index in [-0.39, 0.29) is 17.7 Å². The van der Waals surface area contributed by atoms with Crippen molar-refractivity contribution in [3.8, 4) is 5.75 Å². The van der Waals surface area contributed by atoms with Crippen molar-refractivity contribution in [1.82, 2.24) is 0 Å². The highest BCUT2D eigenvalue weighted by Gasteiger charge is 2.68. The van der Waals surface area contributed by atoms with Crippen LogP contribution in [0.5, 0.6) is 5.75 Å². The maximum Gasteiger partial charge on any atom is 0.239 e. The Balaban J connectivity index is 1.36. The Bertz CT molecular complexity index is 1870. The molecule has 5 aromatic carbocycles. The minimum absolute atomic E-state index is 0.144. The van der Waals surface area contributed by atoms with Crippen LogP contribution in [0.25, 0.3) is 10.8 Å². The van der Waals surface area contributed by atoms with Crippen molar-refractivity contribution in [2.24, 2.45) is 16.8 Å². The van der Waals surface area contributed by atoms with Crippen LogP contribution in [-0.4, -0.2) is 24.6 Å². The molecule has 2 amide bonds. The maximum absolute atomic E-state index is 14.8. The van der Waals surface area contributed by atoms with E-state index in [4.69, 9.17) is 9.73 Å². The number of carbonyl (C=O) groups is 2. The average Bonchev–Trinajstić information content (AvgIpc) is 3.31. The first-order valence-corrected chi connectivity index (χ1v) is 14.5. The summed E-state index contributed by atoms with van der Waals surface area (Å²) in [5.41, 5.74) is 4.78. The fraction of sp³-hybridized carbons (Fsp3) is 0.162. The average molecular weight is 549 g/mol. The minimum atomic E-state index is -0.905. The smallest absolute Gasteiger partial charge is 0.239 e. The quantitative estimate of drug-likeness (QED) is 0.173. The second kappa shape index (κ2) is 9.25. The van der Waals surface area contributed by atoms with Crippen molar-refractivity contribution in [2.45, 2.75) is 18.3 Å². The van der Waals surface area contributed by atoms with Crippen LogP contribution in [0.2, 0.25) is 0 Å². The van der Waals surface area contributed by atoms with Gasteiger partial charge < -0.3 is 4.74 Å². The topological polar surface area (TPSA) is 59.0 Å². The molecule has 1 heterocycles. The van der Waals surface area contributed by atoms with Gasteiger partial charge in [-0.3, -0.25) is 14.6 Å². The van der Waals surface area contributed by atoms with E-state index in [0.29, 0.717) is 12.3 Å². The predicted molar refractivity (Wildman–Crippen MR) is 165 cm³/mol. The van der Waals surface area contributed by atoms with E-state index in [1.165, 1.54) is 4.90 Å². The van der Waals surface area contributed by atoms with Gasteiger partial charge in [-0.25, -0.2) is 4.90 Å². The number of amides is 2. The van der Waals surface area contributed by atoms with E-state index < -0.39 is 17.3 Å². The molecular formula is C37H28N2O3. The van der Waals surface area contributed by atoms with Gasteiger partial charge in [0.15, 0.2) is 0 Å². The van der Waals surface area contributed by atoms with Crippen molar-refractivity contribution in [1.29, 1.82) is 0 Å². The van der Waals surface area contributed by atoms with Gasteiger partial charge in [0.1, 0.15) is 5.75 Å². The van der Waals surface area contributed by atoms with Crippen LogP contribution in [0.4, 0.5) is 11.4 Å². The fourth-order valence-electron chi connectivity index (χ4n) is 7.66. The summed E-state index contributed by atoms with van der Waals surface area (Å²) in [5.74, 6) is -0.897. The molecule has 1 fully saturated rings. The molecule has 0 aromatic heterocycles. The number of ether oxygens (including phenoxy) is 1. The summed E-state index contributed by atoms with van der Waals surface area (Å²) >= 11 is 0. The van der Waals surface area contributed by atoms with Gasteiger partial charge in [-0.15, -0.1) is 0 Å². The SMILES string of the molecule is CCOc1ccc(N=CC23c4ccccc4C(c4ccccc42)[C@H]2C(=O)N(c4cccc5ccccc45)C(=O)[C@H]23)cc1. The number of benzene rings is 5. The van der Waals surface area contributed by atoms with Gasteiger partial charge in [0, 0.05) is 17.5 Å². The number of carbonyl (C=O) groups excluding carboxylic acids is 2. The number of imide groups is 1. The zero-order chi connectivity index (χ0) is 28.4. The van der Waals surface area contributed by atoms with E-state index in [1.54, 1.807) is 0 Å². The van der Waals surface area contributed by atoms with E-state index >= 15 is 0 Å². The number of hydrogen-bond acceptors (Lipinski definition) is 4. The molecule has 5 nitrogen and oxygen atoms in total. The third-order valence-corrected chi connectivity index (χ3v) is 9.26. The molecule has 0 saturated carbocycles. The number of anilines is 1. The normalized spacial score (nSPS) is 23.7. The van der Waals surface area contributed by atoms with Crippen LogP contribution in [0.15, 0.2) is 120 Å². The summed E-state index contributed by atoms with van der Waals surface area (Å²) in [5, 5.41) is 1.88. The van der Waals surface area contributed by atoms with Crippen molar-refractivity contribution in [3.05, 3.63) is 138 Å². The van der Waals surface area contributed by atoms with Gasteiger partial charge in [0.2, 0.25) is 11.8 Å². The third kappa shape index (κ3) is 3.28. The number of aliphatic imine (C=N–C) groups is 1. The lowest BCUT2D eigenvalue weighted by Gasteiger charge is -2.52. The molecule has 5 aromatic rings. The van der Waals surface area contributed by atoms with Gasteiger partial charge in [-0.1, -0.05) is 84.9 Å². The monoisotopic (exact) mass is 548 g/mol. The lowest BCUT2D eigenvalue weighted by molar-refractivity contribution is -0.122. The molecule has 0 N–H and O–H groups in total. The molecule has 0 unspecified atom stereocenters. The summed E-state index contributed by atoms with van der Waals surface area (Å²) < 4.78 is 5.62. The second-order valence-electron chi connectivity index (χ2n) is 11.2. The first-order valence-electron chi connectivity index (χ1n) is 14.5. The van der Waals surface area contributed by atoms with Gasteiger partial charge in [-0.05, 0) is 64.9 Å². The Hall–Kier alpha value is -5.03. The maximum atomic E-state index is 14.8. The zero-order valence-electron chi connectivity index (χ0n) is 23.1. The number of nitrogens with zero attached hydrogens (tertiary/aromatic N) is 2. The minimum Gasteiger partial charge on any atom is -0.494 e. The standard InChI is InChI=1S/C37H28N2O3/c1-2-42-25-20-18-24(19-21-25)38-22-37-29-15-7-5-13-27(29)32(28-14-6-8-16-30(28)37)33-34(37)36(41)39(35(33)40)31-17-9-11-23-10-3-4-12-26(23)31/h3-22,32-34H,2H2,1H3/t32?,33-,34+,37?/m1/s1. The Kier molecular flexibility index (Phi) is 5.45. The molecule has 2 bridgehead atoms. The van der Waals surface area contributed by atoms with Crippen LogP contribution in [0.3, 0.4) is 0 Å². The largest absolute Gasteiger partial charge is 0.494 e. The first kappa shape index (κ1) is 24.7. The highest BCUT2D eigenvalue weighted by atomic mass is 16.5. The summed E-state index contributed by atoms with van der Waals surface area (Å²) in [6.07, 6.45) is 1.94. The van der Waals surface area contributed by atoms with Crippen molar-refractivity contribution < 1.29 is 14.3 Å². The lowest BCUT2D eigenvalue weighted by Crippen LogP contribution is -2.54. The van der Waals surface area contributed by atoms with Crippen LogP contribution >= 0.6 is 0 Å². The molecule has 5 heteroatoms. The molecular weight excluding hydrogens is 520 g/mol. The summed E-state index contributed by atoms with van der Waals surface area (Å²) in [6, 6.07) is 37.9. The summed E-state index contributed by atoms with van der Waals surface area (Å²) in [6.45, 7) is 2.55. The van der Waals surface area contributed by atoms with Gasteiger partial charge in [-0.2, -0.15) is 0 Å². The third-order valence-electron chi connectivity index (χ3n) is 9.26. The highest BCUT2D eigenvalue weighted by molar-refractivity contribution is 6.27. The van der Waals surface area contributed by atoms with Crippen LogP contribution in [0.1, 0.15) is 35.1 Å². The first-order chi connectivity index (χ1) is 20.6. The van der Waals surface area contributed by atoms with E-state index in [2.05, 4.69) is 24.3 Å². The van der Waals surface area contributed by atoms with Gasteiger partial charge in [0.25, 0.3) is 0 Å². The molecule has 1 aliphatic heterocycles. The van der Waals surface area contributed by atoms with Gasteiger partial charge >= 0.3 is 0 Å². The van der Waals surface area contributed by atoms with Crippen LogP contribution in [0, 0.1) is 11.8 Å². The molecule has 42 heavy (non-hydrogen) atoms. The van der Waals surface area contributed by atoms with Gasteiger partial charge in [0.05, 0.1) is 35.2 Å². The Morgan fingerprint density at radius 1 is 0.762 bits per heavy atom. The molecule has 0 spiro atoms. The molecule has 4 aliphatic rings. The highest BCUT2D eigenvalue weighted by Crippen LogP contribution is 2.64. The molecule has 3 aliphatic carbocycles. The molecule has 204 valence electrons. The molecule has 1 saturated heterocycles. The Morgan fingerprint density at radius 3 is 2.12 bits per heavy atom. The number of fused-ring (bicyclic) bond motifs is 1. The summed E-state index contributed by atoms with van der Waals surface area (Å²) in [7, 11) is 0. The van der Waals surface area contributed by atoms with E-state index in [0.717, 1.165) is 44.5 Å². The number of rotatable bonds is 5. The van der Waals surface area contributed by atoms with Crippen molar-refractivity contribution >= 4 is 40.2 Å².